The fourth-order valence-electron chi connectivity index (χ4n) is 1.34. The Labute approximate surface area is 60.3 Å². The lowest BCUT2D eigenvalue weighted by Crippen LogP contribution is -2.40. The average molecular weight is 146 g/mol. The van der Waals surface area contributed by atoms with Crippen LogP contribution in [0.3, 0.4) is 0 Å². The molecule has 0 aromatic rings. The van der Waals surface area contributed by atoms with Crippen molar-refractivity contribution >= 4 is 0 Å². The Morgan fingerprint density at radius 1 is 1.00 bits per heavy atom. The molecule has 0 radical (unpaired) electrons. The third-order valence-corrected chi connectivity index (χ3v) is 2.24. The fraction of sp³-hybridized carbons (Fsp3) is 1.00. The summed E-state index contributed by atoms with van der Waals surface area (Å²) in [4.78, 5) is 0. The summed E-state index contributed by atoms with van der Waals surface area (Å²) in [5.74, 6) is -0.0941. The molecule has 1 rings (SSSR count). The molecule has 0 bridgehead atoms. The lowest BCUT2D eigenvalue weighted by molar-refractivity contribution is -0.0651. The monoisotopic (exact) mass is 146 g/mol. The molecule has 0 aromatic heterocycles. The maximum atomic E-state index is 9.20. The molecule has 10 heavy (non-hydrogen) atoms. The van der Waals surface area contributed by atoms with Crippen molar-refractivity contribution in [1.82, 2.24) is 0 Å². The molecule has 3 nitrogen and oxygen atoms in total. The van der Waals surface area contributed by atoms with Gasteiger partial charge in [0, 0.05) is 5.92 Å². The zero-order valence-corrected chi connectivity index (χ0v) is 6.07. The second-order valence-electron chi connectivity index (χ2n) is 3.12. The first-order chi connectivity index (χ1) is 4.61. The van der Waals surface area contributed by atoms with Crippen molar-refractivity contribution in [1.29, 1.82) is 0 Å². The van der Waals surface area contributed by atoms with Crippen LogP contribution in [0.4, 0.5) is 0 Å². The summed E-state index contributed by atoms with van der Waals surface area (Å²) in [7, 11) is 0. The van der Waals surface area contributed by atoms with Gasteiger partial charge in [-0.3, -0.25) is 0 Å². The van der Waals surface area contributed by atoms with Crippen LogP contribution in [0.25, 0.3) is 0 Å². The van der Waals surface area contributed by atoms with Gasteiger partial charge in [0.25, 0.3) is 0 Å². The molecule has 0 spiro atoms. The van der Waals surface area contributed by atoms with E-state index < -0.39 is 18.3 Å². The lowest BCUT2D eigenvalue weighted by Gasteiger charge is -2.32. The topological polar surface area (TPSA) is 60.7 Å². The Bertz CT molecular complexity index is 103. The van der Waals surface area contributed by atoms with E-state index in [0.29, 0.717) is 12.8 Å². The van der Waals surface area contributed by atoms with Crippen LogP contribution in [0.2, 0.25) is 0 Å². The minimum atomic E-state index is -0.543. The minimum absolute atomic E-state index is 0.0941. The van der Waals surface area contributed by atoms with Crippen LogP contribution in [-0.2, 0) is 0 Å². The molecule has 3 heteroatoms. The molecule has 1 aliphatic rings. The van der Waals surface area contributed by atoms with Gasteiger partial charge in [-0.05, 0) is 12.8 Å². The smallest absolute Gasteiger partial charge is 0.0615 e. The minimum Gasteiger partial charge on any atom is -0.393 e. The molecule has 2 unspecified atom stereocenters. The van der Waals surface area contributed by atoms with Crippen LogP contribution in [0.5, 0.6) is 0 Å². The molecule has 1 saturated carbocycles. The summed E-state index contributed by atoms with van der Waals surface area (Å²) < 4.78 is 0. The molecule has 0 saturated heterocycles. The fourth-order valence-corrected chi connectivity index (χ4v) is 1.34. The van der Waals surface area contributed by atoms with E-state index in [-0.39, 0.29) is 5.92 Å². The number of hydrogen-bond donors (Lipinski definition) is 3. The van der Waals surface area contributed by atoms with Crippen molar-refractivity contribution in [3.8, 4) is 0 Å². The van der Waals surface area contributed by atoms with Crippen molar-refractivity contribution < 1.29 is 15.3 Å². The maximum absolute atomic E-state index is 9.20. The first-order valence-corrected chi connectivity index (χ1v) is 3.65. The quantitative estimate of drug-likeness (QED) is 0.431. The van der Waals surface area contributed by atoms with Crippen LogP contribution < -0.4 is 0 Å². The Hall–Kier alpha value is -0.120. The Balaban J connectivity index is 2.49. The third-order valence-electron chi connectivity index (χ3n) is 2.24. The van der Waals surface area contributed by atoms with E-state index in [2.05, 4.69) is 0 Å². The number of aliphatic hydroxyl groups excluding tert-OH is 3. The zero-order valence-electron chi connectivity index (χ0n) is 6.07. The van der Waals surface area contributed by atoms with Gasteiger partial charge in [-0.1, -0.05) is 6.92 Å². The van der Waals surface area contributed by atoms with Crippen molar-refractivity contribution in [3.05, 3.63) is 0 Å². The van der Waals surface area contributed by atoms with Crippen molar-refractivity contribution in [3.63, 3.8) is 0 Å². The average Bonchev–Trinajstić information content (AvgIpc) is 1.82. The van der Waals surface area contributed by atoms with E-state index in [1.54, 1.807) is 6.92 Å². The van der Waals surface area contributed by atoms with Crippen LogP contribution in [-0.4, -0.2) is 33.6 Å². The molecule has 0 aromatic carbocycles. The van der Waals surface area contributed by atoms with Gasteiger partial charge < -0.3 is 15.3 Å². The van der Waals surface area contributed by atoms with E-state index in [0.717, 1.165) is 0 Å². The summed E-state index contributed by atoms with van der Waals surface area (Å²) in [6.45, 7) is 1.79. The van der Waals surface area contributed by atoms with Gasteiger partial charge >= 0.3 is 0 Å². The largest absolute Gasteiger partial charge is 0.393 e. The summed E-state index contributed by atoms with van der Waals surface area (Å²) in [5, 5.41) is 27.4. The SMILES string of the molecule is CC1C(O)CC(O)CC1O. The van der Waals surface area contributed by atoms with E-state index in [4.69, 9.17) is 5.11 Å². The first kappa shape index (κ1) is 7.98. The predicted octanol–water partition coefficient (Wildman–Crippen LogP) is -0.501. The van der Waals surface area contributed by atoms with Crippen LogP contribution in [0.1, 0.15) is 19.8 Å². The summed E-state index contributed by atoms with van der Waals surface area (Å²) in [5.41, 5.74) is 0. The van der Waals surface area contributed by atoms with E-state index in [1.807, 2.05) is 0 Å². The van der Waals surface area contributed by atoms with Gasteiger partial charge in [-0.25, -0.2) is 0 Å². The van der Waals surface area contributed by atoms with Crippen molar-refractivity contribution in [2.24, 2.45) is 5.92 Å². The molecule has 2 atom stereocenters. The van der Waals surface area contributed by atoms with Gasteiger partial charge in [0.2, 0.25) is 0 Å². The van der Waals surface area contributed by atoms with Crippen LogP contribution in [0, 0.1) is 5.92 Å². The number of hydrogen-bond acceptors (Lipinski definition) is 3. The molecule has 60 valence electrons. The molecule has 0 heterocycles. The predicted molar refractivity (Wildman–Crippen MR) is 36.4 cm³/mol. The highest BCUT2D eigenvalue weighted by Crippen LogP contribution is 2.24. The van der Waals surface area contributed by atoms with E-state index >= 15 is 0 Å². The second kappa shape index (κ2) is 2.86. The summed E-state index contributed by atoms with van der Waals surface area (Å²) in [6, 6.07) is 0. The summed E-state index contributed by atoms with van der Waals surface area (Å²) >= 11 is 0. The lowest BCUT2D eigenvalue weighted by atomic mass is 9.84. The maximum Gasteiger partial charge on any atom is 0.0615 e. The third kappa shape index (κ3) is 1.48. The molecule has 1 aliphatic carbocycles. The van der Waals surface area contributed by atoms with E-state index in [1.165, 1.54) is 0 Å². The van der Waals surface area contributed by atoms with Gasteiger partial charge in [0.05, 0.1) is 18.3 Å². The number of rotatable bonds is 0. The second-order valence-corrected chi connectivity index (χ2v) is 3.12. The highest BCUT2D eigenvalue weighted by molar-refractivity contribution is 4.82. The molecule has 0 amide bonds. The standard InChI is InChI=1S/C7H14O3/c1-4-6(9)2-5(8)3-7(4)10/h4-10H,2-3H2,1H3. The van der Waals surface area contributed by atoms with Gasteiger partial charge in [0.1, 0.15) is 0 Å². The zero-order chi connectivity index (χ0) is 7.72. The van der Waals surface area contributed by atoms with Crippen LogP contribution in [0.15, 0.2) is 0 Å². The van der Waals surface area contributed by atoms with Crippen LogP contribution >= 0.6 is 0 Å². The molecular formula is C7H14O3. The molecular weight excluding hydrogens is 132 g/mol. The Morgan fingerprint density at radius 3 is 1.80 bits per heavy atom. The van der Waals surface area contributed by atoms with Gasteiger partial charge in [0.15, 0.2) is 0 Å². The highest BCUT2D eigenvalue weighted by Gasteiger charge is 2.31. The normalized spacial score (nSPS) is 49.2. The van der Waals surface area contributed by atoms with Gasteiger partial charge in [-0.2, -0.15) is 0 Å². The van der Waals surface area contributed by atoms with Crippen molar-refractivity contribution in [2.45, 2.75) is 38.1 Å². The molecule has 1 fully saturated rings. The van der Waals surface area contributed by atoms with Crippen molar-refractivity contribution in [2.75, 3.05) is 0 Å². The molecule has 3 N–H and O–H groups in total. The first-order valence-electron chi connectivity index (χ1n) is 3.65. The van der Waals surface area contributed by atoms with E-state index in [9.17, 15) is 10.2 Å². The highest BCUT2D eigenvalue weighted by atomic mass is 16.3. The van der Waals surface area contributed by atoms with Gasteiger partial charge in [-0.15, -0.1) is 0 Å². The Morgan fingerprint density at radius 2 is 1.40 bits per heavy atom. The number of aliphatic hydroxyl groups is 3. The molecule has 0 aliphatic heterocycles. The summed E-state index contributed by atoms with van der Waals surface area (Å²) in [6.07, 6.45) is -0.810. The Kier molecular flexibility index (Phi) is 2.28.